The fourth-order valence-electron chi connectivity index (χ4n) is 0.643. The third-order valence-electron chi connectivity index (χ3n) is 1.16. The second-order valence-corrected chi connectivity index (χ2v) is 2.41. The molecule has 0 N–H and O–H groups in total. The zero-order chi connectivity index (χ0) is 9.61. The number of alkyl halides is 3. The average Bonchev–Trinajstić information content (AvgIpc) is 1.83. The first-order chi connectivity index (χ1) is 5.42. The molecule has 0 aliphatic heterocycles. The van der Waals surface area contributed by atoms with Gasteiger partial charge < -0.3 is 4.74 Å². The summed E-state index contributed by atoms with van der Waals surface area (Å²) in [5.74, 6) is -0.456. The molecule has 0 amide bonds. The molecule has 0 aliphatic carbocycles. The Hall–Kier alpha value is -0.740. The number of halogens is 3. The number of hydrogen-bond donors (Lipinski definition) is 0. The Labute approximate surface area is 68.7 Å². The largest absolute Gasteiger partial charge is 0.466 e. The van der Waals surface area contributed by atoms with Crippen LogP contribution in [0.25, 0.3) is 0 Å². The monoisotopic (exact) mass is 184 g/mol. The second-order valence-electron chi connectivity index (χ2n) is 2.41. The van der Waals surface area contributed by atoms with Crippen LogP contribution < -0.4 is 0 Å². The fraction of sp³-hybridized carbons (Fsp3) is 0.857. The van der Waals surface area contributed by atoms with Crippen LogP contribution in [-0.2, 0) is 9.53 Å². The minimum Gasteiger partial charge on any atom is -0.466 e. The SMILES string of the molecule is CC(=O)OCCCCC(F)(F)F. The molecule has 0 spiro atoms. The van der Waals surface area contributed by atoms with E-state index in [-0.39, 0.29) is 19.4 Å². The van der Waals surface area contributed by atoms with Crippen molar-refractivity contribution in [2.24, 2.45) is 0 Å². The van der Waals surface area contributed by atoms with E-state index in [9.17, 15) is 18.0 Å². The fourth-order valence-corrected chi connectivity index (χ4v) is 0.643. The maximum Gasteiger partial charge on any atom is 0.389 e. The van der Waals surface area contributed by atoms with E-state index in [0.717, 1.165) is 0 Å². The summed E-state index contributed by atoms with van der Waals surface area (Å²) in [6.45, 7) is 1.30. The molecule has 0 bridgehead atoms. The molecule has 0 heterocycles. The first-order valence-corrected chi connectivity index (χ1v) is 3.62. The Morgan fingerprint density at radius 3 is 2.33 bits per heavy atom. The smallest absolute Gasteiger partial charge is 0.389 e. The molecule has 0 aromatic heterocycles. The van der Waals surface area contributed by atoms with E-state index in [1.807, 2.05) is 0 Å². The van der Waals surface area contributed by atoms with Crippen molar-refractivity contribution in [3.8, 4) is 0 Å². The van der Waals surface area contributed by atoms with E-state index in [1.165, 1.54) is 6.92 Å². The van der Waals surface area contributed by atoms with Gasteiger partial charge in [0.15, 0.2) is 0 Å². The van der Waals surface area contributed by atoms with Crippen molar-refractivity contribution in [3.05, 3.63) is 0 Å². The summed E-state index contributed by atoms with van der Waals surface area (Å²) in [7, 11) is 0. The van der Waals surface area contributed by atoms with E-state index < -0.39 is 18.6 Å². The van der Waals surface area contributed by atoms with E-state index in [2.05, 4.69) is 4.74 Å². The molecule has 0 fully saturated rings. The van der Waals surface area contributed by atoms with E-state index >= 15 is 0 Å². The number of carbonyl (C=O) groups excluding carboxylic acids is 1. The molecule has 12 heavy (non-hydrogen) atoms. The van der Waals surface area contributed by atoms with E-state index in [0.29, 0.717) is 0 Å². The Kier molecular flexibility index (Phi) is 4.70. The number of carbonyl (C=O) groups is 1. The average molecular weight is 184 g/mol. The molecule has 0 saturated heterocycles. The van der Waals surface area contributed by atoms with Gasteiger partial charge in [-0.15, -0.1) is 0 Å². The maximum atomic E-state index is 11.5. The summed E-state index contributed by atoms with van der Waals surface area (Å²) >= 11 is 0. The van der Waals surface area contributed by atoms with Crippen LogP contribution in [0.2, 0.25) is 0 Å². The number of esters is 1. The lowest BCUT2D eigenvalue weighted by Crippen LogP contribution is -2.08. The number of hydrogen-bond acceptors (Lipinski definition) is 2. The van der Waals surface area contributed by atoms with Gasteiger partial charge >= 0.3 is 12.1 Å². The molecule has 2 nitrogen and oxygen atoms in total. The molecule has 0 aliphatic rings. The van der Waals surface area contributed by atoms with Gasteiger partial charge in [0, 0.05) is 13.3 Å². The summed E-state index contributed by atoms with van der Waals surface area (Å²) in [5.41, 5.74) is 0. The first kappa shape index (κ1) is 11.3. The van der Waals surface area contributed by atoms with Gasteiger partial charge in [-0.3, -0.25) is 4.79 Å². The summed E-state index contributed by atoms with van der Waals surface area (Å²) in [4.78, 5) is 10.2. The van der Waals surface area contributed by atoms with Crippen molar-refractivity contribution in [2.45, 2.75) is 32.4 Å². The van der Waals surface area contributed by atoms with Gasteiger partial charge in [0.2, 0.25) is 0 Å². The van der Waals surface area contributed by atoms with Gasteiger partial charge in [-0.2, -0.15) is 13.2 Å². The van der Waals surface area contributed by atoms with Crippen LogP contribution >= 0.6 is 0 Å². The molecular weight excluding hydrogens is 173 g/mol. The summed E-state index contributed by atoms with van der Waals surface area (Å²) in [6, 6.07) is 0. The number of unbranched alkanes of at least 4 members (excludes halogenated alkanes) is 1. The molecule has 72 valence electrons. The Balaban J connectivity index is 3.17. The molecule has 0 saturated carbocycles. The Morgan fingerprint density at radius 1 is 1.33 bits per heavy atom. The number of ether oxygens (including phenoxy) is 1. The third-order valence-corrected chi connectivity index (χ3v) is 1.16. The highest BCUT2D eigenvalue weighted by atomic mass is 19.4. The van der Waals surface area contributed by atoms with Gasteiger partial charge in [-0.25, -0.2) is 0 Å². The van der Waals surface area contributed by atoms with Crippen molar-refractivity contribution < 1.29 is 22.7 Å². The minimum atomic E-state index is -4.10. The predicted molar refractivity (Wildman–Crippen MR) is 36.5 cm³/mol. The maximum absolute atomic E-state index is 11.5. The lowest BCUT2D eigenvalue weighted by molar-refractivity contribution is -0.142. The molecule has 0 aromatic carbocycles. The highest BCUT2D eigenvalue weighted by Gasteiger charge is 2.25. The Bertz CT molecular complexity index is 142. The standard InChI is InChI=1S/C7H11F3O2/c1-6(11)12-5-3-2-4-7(8,9)10/h2-5H2,1H3. The number of rotatable bonds is 4. The van der Waals surface area contributed by atoms with Gasteiger partial charge in [0.05, 0.1) is 6.61 Å². The van der Waals surface area contributed by atoms with E-state index in [1.54, 1.807) is 0 Å². The molecule has 0 aromatic rings. The van der Waals surface area contributed by atoms with Crippen molar-refractivity contribution in [3.63, 3.8) is 0 Å². The van der Waals surface area contributed by atoms with Crippen molar-refractivity contribution in [2.75, 3.05) is 6.61 Å². The van der Waals surface area contributed by atoms with Gasteiger partial charge in [-0.1, -0.05) is 0 Å². The van der Waals surface area contributed by atoms with Gasteiger partial charge in [0.25, 0.3) is 0 Å². The summed E-state index contributed by atoms with van der Waals surface area (Å²) in [6.07, 6.45) is -4.64. The third kappa shape index (κ3) is 9.26. The van der Waals surface area contributed by atoms with Crippen LogP contribution in [0.5, 0.6) is 0 Å². The van der Waals surface area contributed by atoms with Gasteiger partial charge in [0.1, 0.15) is 0 Å². The second kappa shape index (κ2) is 5.00. The van der Waals surface area contributed by atoms with Crippen molar-refractivity contribution in [1.29, 1.82) is 0 Å². The zero-order valence-electron chi connectivity index (χ0n) is 6.78. The van der Waals surface area contributed by atoms with Crippen LogP contribution in [0.1, 0.15) is 26.2 Å². The molecule has 0 unspecified atom stereocenters. The molecule has 0 rings (SSSR count). The van der Waals surface area contributed by atoms with Crippen LogP contribution in [0.3, 0.4) is 0 Å². The molecule has 5 heteroatoms. The topological polar surface area (TPSA) is 26.3 Å². The van der Waals surface area contributed by atoms with Crippen molar-refractivity contribution in [1.82, 2.24) is 0 Å². The lowest BCUT2D eigenvalue weighted by Gasteiger charge is -2.05. The molecular formula is C7H11F3O2. The lowest BCUT2D eigenvalue weighted by atomic mass is 10.2. The summed E-state index contributed by atoms with van der Waals surface area (Å²) in [5, 5.41) is 0. The highest BCUT2D eigenvalue weighted by Crippen LogP contribution is 2.21. The Morgan fingerprint density at radius 2 is 1.92 bits per heavy atom. The minimum absolute atomic E-state index is 0.0107. The van der Waals surface area contributed by atoms with Crippen LogP contribution in [0, 0.1) is 0 Å². The normalized spacial score (nSPS) is 11.3. The summed E-state index contributed by atoms with van der Waals surface area (Å²) < 4.78 is 39.1. The molecule has 0 radical (unpaired) electrons. The molecule has 0 atom stereocenters. The highest BCUT2D eigenvalue weighted by molar-refractivity contribution is 5.65. The quantitative estimate of drug-likeness (QED) is 0.495. The van der Waals surface area contributed by atoms with Crippen LogP contribution in [0.15, 0.2) is 0 Å². The first-order valence-electron chi connectivity index (χ1n) is 3.62. The van der Waals surface area contributed by atoms with Crippen LogP contribution in [-0.4, -0.2) is 18.8 Å². The zero-order valence-corrected chi connectivity index (χ0v) is 6.78. The van der Waals surface area contributed by atoms with Crippen LogP contribution in [0.4, 0.5) is 13.2 Å². The van der Waals surface area contributed by atoms with Gasteiger partial charge in [-0.05, 0) is 12.8 Å². The van der Waals surface area contributed by atoms with Crippen molar-refractivity contribution >= 4 is 5.97 Å². The van der Waals surface area contributed by atoms with E-state index in [4.69, 9.17) is 0 Å². The predicted octanol–water partition coefficient (Wildman–Crippen LogP) is 2.28.